The van der Waals surface area contributed by atoms with Crippen LogP contribution in [0.1, 0.15) is 46.8 Å². The number of ketones is 1. The van der Waals surface area contributed by atoms with Crippen LogP contribution >= 0.6 is 0 Å². The zero-order valence-electron chi connectivity index (χ0n) is 16.3. The summed E-state index contributed by atoms with van der Waals surface area (Å²) in [5, 5.41) is 3.25. The number of rotatable bonds is 7. The Kier molecular flexibility index (Phi) is 6.09. The van der Waals surface area contributed by atoms with Gasteiger partial charge in [0.05, 0.1) is 7.11 Å². The van der Waals surface area contributed by atoms with Crippen LogP contribution in [0.4, 0.5) is 10.1 Å². The summed E-state index contributed by atoms with van der Waals surface area (Å²) in [7, 11) is 1.57. The van der Waals surface area contributed by atoms with Crippen LogP contribution in [0, 0.1) is 5.82 Å². The lowest BCUT2D eigenvalue weighted by molar-refractivity contribution is 0.103. The average Bonchev–Trinajstić information content (AvgIpc) is 2.71. The van der Waals surface area contributed by atoms with Gasteiger partial charge in [0.25, 0.3) is 0 Å². The molecular formula is C24H24FNO2. The maximum absolute atomic E-state index is 13.4. The van der Waals surface area contributed by atoms with Crippen LogP contribution in [0.5, 0.6) is 5.75 Å². The number of hydrogen-bond donors (Lipinski definition) is 1. The molecule has 0 saturated carbocycles. The van der Waals surface area contributed by atoms with Crippen molar-refractivity contribution in [1.82, 2.24) is 0 Å². The number of ether oxygens (including phenoxy) is 1. The number of benzene rings is 3. The first kappa shape index (κ1) is 19.6. The molecule has 0 fully saturated rings. The largest absolute Gasteiger partial charge is 0.497 e. The third-order valence-corrected chi connectivity index (χ3v) is 4.68. The smallest absolute Gasteiger partial charge is 0.195 e. The van der Waals surface area contributed by atoms with E-state index in [4.69, 9.17) is 4.74 Å². The molecule has 0 aliphatic carbocycles. The van der Waals surface area contributed by atoms with Crippen LogP contribution in [-0.4, -0.2) is 12.9 Å². The van der Waals surface area contributed by atoms with Crippen molar-refractivity contribution in [3.05, 3.63) is 94.8 Å². The van der Waals surface area contributed by atoms with Crippen LogP contribution in [-0.2, 0) is 6.54 Å². The van der Waals surface area contributed by atoms with Crippen molar-refractivity contribution in [2.75, 3.05) is 12.4 Å². The number of carbonyl (C=O) groups is 1. The van der Waals surface area contributed by atoms with Crippen LogP contribution in [0.15, 0.2) is 66.7 Å². The van der Waals surface area contributed by atoms with E-state index in [2.05, 4.69) is 19.2 Å². The van der Waals surface area contributed by atoms with Gasteiger partial charge < -0.3 is 10.1 Å². The normalized spacial score (nSPS) is 10.8. The summed E-state index contributed by atoms with van der Waals surface area (Å²) in [4.78, 5) is 13.1. The second kappa shape index (κ2) is 8.70. The summed E-state index contributed by atoms with van der Waals surface area (Å²) < 4.78 is 18.7. The van der Waals surface area contributed by atoms with E-state index in [9.17, 15) is 9.18 Å². The molecular weight excluding hydrogens is 353 g/mol. The van der Waals surface area contributed by atoms with Gasteiger partial charge >= 0.3 is 0 Å². The molecule has 0 aliphatic heterocycles. The number of methoxy groups -OCH3 is 1. The maximum Gasteiger partial charge on any atom is 0.195 e. The maximum atomic E-state index is 13.4. The van der Waals surface area contributed by atoms with Gasteiger partial charge in [-0.25, -0.2) is 4.39 Å². The van der Waals surface area contributed by atoms with Crippen LogP contribution in [0.25, 0.3) is 0 Å². The fraction of sp³-hybridized carbons (Fsp3) is 0.208. The van der Waals surface area contributed by atoms with Crippen molar-refractivity contribution in [3.63, 3.8) is 0 Å². The standard InChI is InChI=1S/C24H24FNO2/c1-16(2)18-7-9-19(10-8-18)24(27)22-14-21(28-3)11-12-23(22)26-15-17-5-4-6-20(25)13-17/h4-14,16,26H,15H2,1-3H3. The van der Waals surface area contributed by atoms with Gasteiger partial charge in [-0.3, -0.25) is 4.79 Å². The van der Waals surface area contributed by atoms with E-state index in [1.807, 2.05) is 36.4 Å². The van der Waals surface area contributed by atoms with Crippen LogP contribution < -0.4 is 10.1 Å². The van der Waals surface area contributed by atoms with E-state index in [1.54, 1.807) is 25.3 Å². The van der Waals surface area contributed by atoms with Gasteiger partial charge in [-0.2, -0.15) is 0 Å². The zero-order chi connectivity index (χ0) is 20.1. The molecule has 0 unspecified atom stereocenters. The minimum atomic E-state index is -0.282. The molecule has 0 bridgehead atoms. The van der Waals surface area contributed by atoms with Gasteiger partial charge in [0.15, 0.2) is 5.78 Å². The highest BCUT2D eigenvalue weighted by atomic mass is 19.1. The van der Waals surface area contributed by atoms with Gasteiger partial charge in [0, 0.05) is 23.4 Å². The molecule has 144 valence electrons. The number of carbonyl (C=O) groups excluding carboxylic acids is 1. The predicted octanol–water partition coefficient (Wildman–Crippen LogP) is 5.80. The Morgan fingerprint density at radius 1 is 1.04 bits per heavy atom. The highest BCUT2D eigenvalue weighted by Gasteiger charge is 2.15. The Bertz CT molecular complexity index is 965. The van der Waals surface area contributed by atoms with E-state index < -0.39 is 0 Å². The SMILES string of the molecule is COc1ccc(NCc2cccc(F)c2)c(C(=O)c2ccc(C(C)C)cc2)c1. The van der Waals surface area contributed by atoms with Crippen LogP contribution in [0.2, 0.25) is 0 Å². The zero-order valence-corrected chi connectivity index (χ0v) is 16.3. The Labute approximate surface area is 165 Å². The second-order valence-corrected chi connectivity index (χ2v) is 7.00. The summed E-state index contributed by atoms with van der Waals surface area (Å²) >= 11 is 0. The minimum absolute atomic E-state index is 0.0871. The third kappa shape index (κ3) is 4.58. The Balaban J connectivity index is 1.88. The Hall–Kier alpha value is -3.14. The summed E-state index contributed by atoms with van der Waals surface area (Å²) in [6.45, 7) is 4.65. The molecule has 3 aromatic carbocycles. The van der Waals surface area contributed by atoms with Crippen molar-refractivity contribution in [3.8, 4) is 5.75 Å². The molecule has 0 radical (unpaired) electrons. The Morgan fingerprint density at radius 3 is 2.43 bits per heavy atom. The molecule has 0 amide bonds. The minimum Gasteiger partial charge on any atom is -0.497 e. The summed E-state index contributed by atoms with van der Waals surface area (Å²) in [6, 6.07) is 19.4. The summed E-state index contributed by atoms with van der Waals surface area (Å²) in [5.74, 6) is 0.648. The number of anilines is 1. The summed E-state index contributed by atoms with van der Waals surface area (Å²) in [6.07, 6.45) is 0. The Morgan fingerprint density at radius 2 is 1.79 bits per heavy atom. The quantitative estimate of drug-likeness (QED) is 0.529. The molecule has 0 aliphatic rings. The molecule has 1 N–H and O–H groups in total. The summed E-state index contributed by atoms with van der Waals surface area (Å²) in [5.41, 5.74) is 3.81. The van der Waals surface area contributed by atoms with E-state index in [1.165, 1.54) is 17.7 Å². The van der Waals surface area contributed by atoms with E-state index in [0.717, 1.165) is 5.56 Å². The second-order valence-electron chi connectivity index (χ2n) is 7.00. The average molecular weight is 377 g/mol. The lowest BCUT2D eigenvalue weighted by atomic mass is 9.97. The van der Waals surface area contributed by atoms with Gasteiger partial charge in [-0.15, -0.1) is 0 Å². The first-order valence-corrected chi connectivity index (χ1v) is 9.29. The van der Waals surface area contributed by atoms with Gasteiger partial charge in [-0.1, -0.05) is 50.2 Å². The predicted molar refractivity (Wildman–Crippen MR) is 111 cm³/mol. The molecule has 0 saturated heterocycles. The van der Waals surface area contributed by atoms with E-state index in [-0.39, 0.29) is 11.6 Å². The number of nitrogens with one attached hydrogen (secondary N) is 1. The number of hydrogen-bond acceptors (Lipinski definition) is 3. The molecule has 28 heavy (non-hydrogen) atoms. The molecule has 0 aromatic heterocycles. The van der Waals surface area contributed by atoms with E-state index >= 15 is 0 Å². The van der Waals surface area contributed by atoms with Gasteiger partial charge in [0.1, 0.15) is 11.6 Å². The lowest BCUT2D eigenvalue weighted by Gasteiger charge is -2.14. The highest BCUT2D eigenvalue weighted by molar-refractivity contribution is 6.12. The number of halogens is 1. The molecule has 0 heterocycles. The molecule has 3 nitrogen and oxygen atoms in total. The topological polar surface area (TPSA) is 38.3 Å². The van der Waals surface area contributed by atoms with Crippen molar-refractivity contribution in [1.29, 1.82) is 0 Å². The van der Waals surface area contributed by atoms with E-state index in [0.29, 0.717) is 35.0 Å². The monoisotopic (exact) mass is 377 g/mol. The lowest BCUT2D eigenvalue weighted by Crippen LogP contribution is -2.09. The van der Waals surface area contributed by atoms with Crippen LogP contribution in [0.3, 0.4) is 0 Å². The first-order valence-electron chi connectivity index (χ1n) is 9.29. The van der Waals surface area contributed by atoms with Gasteiger partial charge in [-0.05, 0) is 47.4 Å². The molecule has 0 atom stereocenters. The molecule has 4 heteroatoms. The van der Waals surface area contributed by atoms with Gasteiger partial charge in [0.2, 0.25) is 0 Å². The van der Waals surface area contributed by atoms with Crippen molar-refractivity contribution in [2.45, 2.75) is 26.3 Å². The molecule has 3 aromatic rings. The highest BCUT2D eigenvalue weighted by Crippen LogP contribution is 2.26. The molecule has 3 rings (SSSR count). The molecule has 0 spiro atoms. The third-order valence-electron chi connectivity index (χ3n) is 4.68. The fourth-order valence-corrected chi connectivity index (χ4v) is 3.01. The van der Waals surface area contributed by atoms with Crippen molar-refractivity contribution >= 4 is 11.5 Å². The van der Waals surface area contributed by atoms with Crippen molar-refractivity contribution < 1.29 is 13.9 Å². The fourth-order valence-electron chi connectivity index (χ4n) is 3.01. The first-order chi connectivity index (χ1) is 13.5. The van der Waals surface area contributed by atoms with Crippen molar-refractivity contribution in [2.24, 2.45) is 0 Å².